The molecule has 22 heavy (non-hydrogen) atoms. The summed E-state index contributed by atoms with van der Waals surface area (Å²) in [5.74, 6) is 0.614. The van der Waals surface area contributed by atoms with Gasteiger partial charge in [-0.05, 0) is 42.4 Å². The highest BCUT2D eigenvalue weighted by Crippen LogP contribution is 2.50. The van der Waals surface area contributed by atoms with Crippen molar-refractivity contribution in [3.63, 3.8) is 0 Å². The Morgan fingerprint density at radius 3 is 1.82 bits per heavy atom. The molecule has 0 N–H and O–H groups in total. The molecule has 0 aromatic heterocycles. The minimum atomic E-state index is -0.0895. The number of hydrogen-bond acceptors (Lipinski definition) is 2. The van der Waals surface area contributed by atoms with Crippen LogP contribution in [0.5, 0.6) is 0 Å². The van der Waals surface area contributed by atoms with Crippen LogP contribution in [0.2, 0.25) is 0 Å². The minimum Gasteiger partial charge on any atom is -0.274 e. The van der Waals surface area contributed by atoms with Crippen LogP contribution in [0, 0.1) is 23.7 Å². The second-order valence-electron chi connectivity index (χ2n) is 6.66. The van der Waals surface area contributed by atoms with E-state index in [0.717, 1.165) is 31.4 Å². The molecule has 2 amide bonds. The van der Waals surface area contributed by atoms with E-state index in [1.807, 2.05) is 24.3 Å². The topological polar surface area (TPSA) is 37.4 Å². The van der Waals surface area contributed by atoms with Crippen molar-refractivity contribution in [1.82, 2.24) is 0 Å². The fraction of sp³-hybridized carbons (Fsp3) is 0.579. The van der Waals surface area contributed by atoms with Crippen molar-refractivity contribution in [3.8, 4) is 0 Å². The van der Waals surface area contributed by atoms with Crippen LogP contribution in [-0.2, 0) is 16.0 Å². The summed E-state index contributed by atoms with van der Waals surface area (Å²) in [5.41, 5.74) is 1.97. The third-order valence-corrected chi connectivity index (χ3v) is 5.67. The van der Waals surface area contributed by atoms with Gasteiger partial charge in [-0.2, -0.15) is 0 Å². The first kappa shape index (κ1) is 15.3. The van der Waals surface area contributed by atoms with Crippen LogP contribution in [0.1, 0.15) is 45.6 Å². The number of aryl methyl sites for hydroxylation is 1. The molecule has 3 nitrogen and oxygen atoms in total. The van der Waals surface area contributed by atoms with Gasteiger partial charge >= 0.3 is 0 Å². The van der Waals surface area contributed by atoms with Gasteiger partial charge in [-0.3, -0.25) is 14.5 Å². The third-order valence-electron chi connectivity index (χ3n) is 5.67. The molecule has 1 saturated carbocycles. The summed E-state index contributed by atoms with van der Waals surface area (Å²) in [7, 11) is 0. The van der Waals surface area contributed by atoms with E-state index in [9.17, 15) is 9.59 Å². The molecule has 2 aliphatic rings. The maximum atomic E-state index is 12.9. The predicted octanol–water partition coefficient (Wildman–Crippen LogP) is 3.81. The van der Waals surface area contributed by atoms with Gasteiger partial charge in [0.15, 0.2) is 0 Å². The SMILES string of the molecule is CCc1ccc(N2C(=O)C3C(CC)CC(CC)C3C2=O)cc1. The van der Waals surface area contributed by atoms with Crippen molar-refractivity contribution in [2.24, 2.45) is 23.7 Å². The fourth-order valence-electron chi connectivity index (χ4n) is 4.36. The van der Waals surface area contributed by atoms with Crippen molar-refractivity contribution in [2.75, 3.05) is 4.90 Å². The smallest absolute Gasteiger partial charge is 0.237 e. The average molecular weight is 299 g/mol. The van der Waals surface area contributed by atoms with Crippen molar-refractivity contribution in [2.45, 2.75) is 46.5 Å². The monoisotopic (exact) mass is 299 g/mol. The van der Waals surface area contributed by atoms with Crippen LogP contribution in [-0.4, -0.2) is 11.8 Å². The Morgan fingerprint density at radius 2 is 1.41 bits per heavy atom. The molecular weight excluding hydrogens is 274 g/mol. The number of hydrogen-bond donors (Lipinski definition) is 0. The molecule has 3 heteroatoms. The zero-order chi connectivity index (χ0) is 15.9. The standard InChI is InChI=1S/C19H25NO2/c1-4-12-7-9-15(10-8-12)20-18(21)16-13(5-2)11-14(6-3)17(16)19(20)22/h7-10,13-14,16-17H,4-6,11H2,1-3H3. The van der Waals surface area contributed by atoms with E-state index in [1.54, 1.807) is 0 Å². The molecule has 3 rings (SSSR count). The fourth-order valence-corrected chi connectivity index (χ4v) is 4.36. The quantitative estimate of drug-likeness (QED) is 0.793. The molecule has 0 bridgehead atoms. The van der Waals surface area contributed by atoms with Crippen LogP contribution < -0.4 is 4.90 Å². The van der Waals surface area contributed by atoms with Crippen LogP contribution in [0.3, 0.4) is 0 Å². The largest absolute Gasteiger partial charge is 0.274 e. The van der Waals surface area contributed by atoms with E-state index < -0.39 is 0 Å². The zero-order valence-electron chi connectivity index (χ0n) is 13.7. The molecule has 2 fully saturated rings. The number of anilines is 1. The molecule has 1 aliphatic heterocycles. The highest BCUT2D eigenvalue weighted by molar-refractivity contribution is 6.22. The number of imide groups is 1. The maximum Gasteiger partial charge on any atom is 0.237 e. The van der Waals surface area contributed by atoms with Gasteiger partial charge in [0.1, 0.15) is 0 Å². The minimum absolute atomic E-state index is 0.0297. The Hall–Kier alpha value is -1.64. The second kappa shape index (κ2) is 5.86. The van der Waals surface area contributed by atoms with Crippen LogP contribution in [0.15, 0.2) is 24.3 Å². The summed E-state index contributed by atoms with van der Waals surface area (Å²) in [6.07, 6.45) is 3.96. The van der Waals surface area contributed by atoms with Gasteiger partial charge in [0, 0.05) is 0 Å². The van der Waals surface area contributed by atoms with Crippen LogP contribution in [0.25, 0.3) is 0 Å². The molecule has 1 heterocycles. The van der Waals surface area contributed by atoms with Gasteiger partial charge in [0.2, 0.25) is 11.8 Å². The number of benzene rings is 1. The molecule has 1 aromatic rings. The highest BCUT2D eigenvalue weighted by atomic mass is 16.2. The Kier molecular flexibility index (Phi) is 4.07. The first-order valence-electron chi connectivity index (χ1n) is 8.59. The van der Waals surface area contributed by atoms with Gasteiger partial charge in [-0.1, -0.05) is 45.7 Å². The number of carbonyl (C=O) groups is 2. The number of nitrogens with zero attached hydrogens (tertiary/aromatic N) is 1. The first-order valence-corrected chi connectivity index (χ1v) is 8.59. The summed E-state index contributed by atoms with van der Waals surface area (Å²) in [4.78, 5) is 27.2. The van der Waals surface area contributed by atoms with E-state index in [2.05, 4.69) is 20.8 Å². The van der Waals surface area contributed by atoms with Gasteiger partial charge in [-0.15, -0.1) is 0 Å². The number of fused-ring (bicyclic) bond motifs is 1. The Balaban J connectivity index is 1.94. The number of amides is 2. The van der Waals surface area contributed by atoms with Crippen LogP contribution in [0.4, 0.5) is 5.69 Å². The Bertz CT molecular complexity index is 550. The van der Waals surface area contributed by atoms with Gasteiger partial charge in [-0.25, -0.2) is 0 Å². The van der Waals surface area contributed by atoms with Crippen molar-refractivity contribution in [3.05, 3.63) is 29.8 Å². The lowest BCUT2D eigenvalue weighted by Crippen LogP contribution is -2.33. The summed E-state index contributed by atoms with van der Waals surface area (Å²) < 4.78 is 0. The molecule has 1 aliphatic carbocycles. The zero-order valence-corrected chi connectivity index (χ0v) is 13.7. The molecule has 1 aromatic carbocycles. The van der Waals surface area contributed by atoms with E-state index in [-0.39, 0.29) is 23.7 Å². The maximum absolute atomic E-state index is 12.9. The molecule has 0 radical (unpaired) electrons. The van der Waals surface area contributed by atoms with Crippen LogP contribution >= 0.6 is 0 Å². The van der Waals surface area contributed by atoms with Crippen molar-refractivity contribution in [1.29, 1.82) is 0 Å². The number of carbonyl (C=O) groups excluding carboxylic acids is 2. The Morgan fingerprint density at radius 1 is 0.909 bits per heavy atom. The lowest BCUT2D eigenvalue weighted by molar-refractivity contribution is -0.123. The van der Waals surface area contributed by atoms with E-state index in [0.29, 0.717) is 11.8 Å². The third kappa shape index (κ3) is 2.18. The molecule has 4 unspecified atom stereocenters. The van der Waals surface area contributed by atoms with Crippen molar-refractivity contribution < 1.29 is 9.59 Å². The summed E-state index contributed by atoms with van der Waals surface area (Å²) >= 11 is 0. The van der Waals surface area contributed by atoms with Gasteiger partial charge in [0.25, 0.3) is 0 Å². The van der Waals surface area contributed by atoms with Gasteiger partial charge in [0.05, 0.1) is 17.5 Å². The lowest BCUT2D eigenvalue weighted by Gasteiger charge is -2.20. The van der Waals surface area contributed by atoms with Gasteiger partial charge < -0.3 is 0 Å². The molecule has 0 spiro atoms. The molecule has 118 valence electrons. The van der Waals surface area contributed by atoms with E-state index in [1.165, 1.54) is 10.5 Å². The lowest BCUT2D eigenvalue weighted by atomic mass is 9.88. The molecular formula is C19H25NO2. The first-order chi connectivity index (χ1) is 10.6. The predicted molar refractivity (Wildman–Crippen MR) is 87.5 cm³/mol. The molecule has 1 saturated heterocycles. The van der Waals surface area contributed by atoms with Crippen molar-refractivity contribution >= 4 is 17.5 Å². The van der Waals surface area contributed by atoms with E-state index in [4.69, 9.17) is 0 Å². The molecule has 4 atom stereocenters. The second-order valence-corrected chi connectivity index (χ2v) is 6.66. The number of rotatable bonds is 4. The normalized spacial score (nSPS) is 31.0. The Labute approximate surface area is 132 Å². The average Bonchev–Trinajstić information content (AvgIpc) is 3.04. The summed E-state index contributed by atoms with van der Waals surface area (Å²) in [6, 6.07) is 7.85. The highest BCUT2D eigenvalue weighted by Gasteiger charge is 2.57. The summed E-state index contributed by atoms with van der Waals surface area (Å²) in [5, 5.41) is 0. The summed E-state index contributed by atoms with van der Waals surface area (Å²) in [6.45, 7) is 6.37. The van der Waals surface area contributed by atoms with E-state index >= 15 is 0 Å².